The third-order valence-electron chi connectivity index (χ3n) is 2.83. The summed E-state index contributed by atoms with van der Waals surface area (Å²) in [6.45, 7) is 1.84. The van der Waals surface area contributed by atoms with Gasteiger partial charge >= 0.3 is 0 Å². The van der Waals surface area contributed by atoms with Gasteiger partial charge in [0.15, 0.2) is 0 Å². The van der Waals surface area contributed by atoms with Gasteiger partial charge in [-0.05, 0) is 46.6 Å². The molecule has 0 aliphatic heterocycles. The Morgan fingerprint density at radius 1 is 1.14 bits per heavy atom. The molecule has 0 saturated carbocycles. The van der Waals surface area contributed by atoms with Gasteiger partial charge in [-0.3, -0.25) is 10.6 Å². The molecule has 0 atom stereocenters. The monoisotopic (exact) mass is 355 g/mol. The number of hydrogen-bond donors (Lipinski definition) is 3. The Hall–Kier alpha value is -1.99. The van der Waals surface area contributed by atoms with Crippen LogP contribution in [0, 0.1) is 18.6 Å². The van der Waals surface area contributed by atoms with Crippen LogP contribution in [0.5, 0.6) is 0 Å². The van der Waals surface area contributed by atoms with E-state index >= 15 is 0 Å². The summed E-state index contributed by atoms with van der Waals surface area (Å²) in [6.07, 6.45) is 0. The molecule has 21 heavy (non-hydrogen) atoms. The smallest absolute Gasteiger partial charge is 0.257 e. The molecule has 2 aromatic rings. The van der Waals surface area contributed by atoms with Crippen LogP contribution in [0.1, 0.15) is 15.9 Å². The van der Waals surface area contributed by atoms with Gasteiger partial charge in [-0.25, -0.2) is 8.78 Å². The second-order valence-corrected chi connectivity index (χ2v) is 5.25. The van der Waals surface area contributed by atoms with Crippen LogP contribution < -0.4 is 16.6 Å². The second kappa shape index (κ2) is 6.19. The highest BCUT2D eigenvalue weighted by atomic mass is 79.9. The first-order valence-corrected chi connectivity index (χ1v) is 6.75. The molecule has 0 heterocycles. The molecular weight excluding hydrogens is 344 g/mol. The van der Waals surface area contributed by atoms with Gasteiger partial charge in [0.25, 0.3) is 5.91 Å². The largest absolute Gasteiger partial charge is 0.323 e. The molecule has 0 radical (unpaired) electrons. The van der Waals surface area contributed by atoms with E-state index < -0.39 is 17.5 Å². The molecule has 0 aromatic heterocycles. The van der Waals surface area contributed by atoms with Crippen LogP contribution in [0.4, 0.5) is 20.2 Å². The molecule has 0 spiro atoms. The highest BCUT2D eigenvalue weighted by Crippen LogP contribution is 2.25. The standard InChI is InChI=1S/C14H12BrF2N3O/c1-7-2-3-8(12(4-7)20-18)14(21)19-13-6-10(16)9(15)5-11(13)17/h2-6,20H,18H2,1H3,(H,19,21). The van der Waals surface area contributed by atoms with Gasteiger partial charge in [0.2, 0.25) is 0 Å². The van der Waals surface area contributed by atoms with Crippen molar-refractivity contribution in [2.45, 2.75) is 6.92 Å². The zero-order valence-electron chi connectivity index (χ0n) is 11.0. The molecule has 2 aromatic carbocycles. The number of anilines is 2. The van der Waals surface area contributed by atoms with Gasteiger partial charge in [0.05, 0.1) is 21.4 Å². The van der Waals surface area contributed by atoms with Crippen molar-refractivity contribution in [2.75, 3.05) is 10.7 Å². The van der Waals surface area contributed by atoms with E-state index in [0.717, 1.165) is 17.7 Å². The molecule has 0 aliphatic rings. The lowest BCUT2D eigenvalue weighted by atomic mass is 10.1. The summed E-state index contributed by atoms with van der Waals surface area (Å²) in [6, 6.07) is 6.79. The van der Waals surface area contributed by atoms with Crippen LogP contribution in [0.25, 0.3) is 0 Å². The van der Waals surface area contributed by atoms with E-state index in [1.165, 1.54) is 0 Å². The Morgan fingerprint density at radius 3 is 2.52 bits per heavy atom. The van der Waals surface area contributed by atoms with Crippen LogP contribution in [0.15, 0.2) is 34.8 Å². The molecule has 0 fully saturated rings. The van der Waals surface area contributed by atoms with Gasteiger partial charge in [0.1, 0.15) is 11.6 Å². The first kappa shape index (κ1) is 15.4. The first-order valence-electron chi connectivity index (χ1n) is 5.95. The first-order chi connectivity index (χ1) is 9.92. The molecule has 110 valence electrons. The number of rotatable bonds is 3. The summed E-state index contributed by atoms with van der Waals surface area (Å²) in [5.41, 5.74) is 3.68. The Bertz CT molecular complexity index is 707. The SMILES string of the molecule is Cc1ccc(C(=O)Nc2cc(F)c(Br)cc2F)c(NN)c1. The lowest BCUT2D eigenvalue weighted by molar-refractivity contribution is 0.102. The number of carbonyl (C=O) groups excluding carboxylic acids is 1. The van der Waals surface area contributed by atoms with Gasteiger partial charge in [-0.2, -0.15) is 0 Å². The Labute approximate surface area is 128 Å². The minimum atomic E-state index is -0.744. The summed E-state index contributed by atoms with van der Waals surface area (Å²) in [5, 5.41) is 2.32. The zero-order valence-corrected chi connectivity index (χ0v) is 12.6. The molecule has 4 nitrogen and oxygen atoms in total. The maximum Gasteiger partial charge on any atom is 0.257 e. The van der Waals surface area contributed by atoms with Crippen molar-refractivity contribution >= 4 is 33.2 Å². The van der Waals surface area contributed by atoms with Gasteiger partial charge in [0, 0.05) is 6.07 Å². The van der Waals surface area contributed by atoms with Gasteiger partial charge in [-0.15, -0.1) is 0 Å². The fraction of sp³-hybridized carbons (Fsp3) is 0.0714. The summed E-state index contributed by atoms with van der Waals surface area (Å²) in [5.74, 6) is 3.34. The average Bonchev–Trinajstić information content (AvgIpc) is 2.44. The van der Waals surface area contributed by atoms with Crippen LogP contribution in [-0.2, 0) is 0 Å². The van der Waals surface area contributed by atoms with E-state index in [0.29, 0.717) is 5.69 Å². The molecule has 4 N–H and O–H groups in total. The summed E-state index contributed by atoms with van der Waals surface area (Å²) >= 11 is 2.87. The summed E-state index contributed by atoms with van der Waals surface area (Å²) in [7, 11) is 0. The molecule has 0 unspecified atom stereocenters. The van der Waals surface area contributed by atoms with Gasteiger partial charge in [-0.1, -0.05) is 6.07 Å². The average molecular weight is 356 g/mol. The lowest BCUT2D eigenvalue weighted by Gasteiger charge is -2.11. The number of halogens is 3. The van der Waals surface area contributed by atoms with Crippen molar-refractivity contribution in [3.63, 3.8) is 0 Å². The van der Waals surface area contributed by atoms with E-state index in [1.807, 2.05) is 6.92 Å². The zero-order chi connectivity index (χ0) is 15.6. The second-order valence-electron chi connectivity index (χ2n) is 4.39. The van der Waals surface area contributed by atoms with E-state index in [-0.39, 0.29) is 15.7 Å². The third kappa shape index (κ3) is 3.37. The topological polar surface area (TPSA) is 67.2 Å². The molecule has 7 heteroatoms. The molecular formula is C14H12BrF2N3O. The van der Waals surface area contributed by atoms with Crippen LogP contribution in [0.3, 0.4) is 0 Å². The number of nitrogens with one attached hydrogen (secondary N) is 2. The highest BCUT2D eigenvalue weighted by Gasteiger charge is 2.15. The highest BCUT2D eigenvalue weighted by molar-refractivity contribution is 9.10. The minimum absolute atomic E-state index is 0.0161. The van der Waals surface area contributed by atoms with Crippen molar-refractivity contribution < 1.29 is 13.6 Å². The molecule has 0 aliphatic carbocycles. The van der Waals surface area contributed by atoms with E-state index in [9.17, 15) is 13.6 Å². The van der Waals surface area contributed by atoms with Crippen LogP contribution in [-0.4, -0.2) is 5.91 Å². The fourth-order valence-corrected chi connectivity index (χ4v) is 2.10. The molecule has 2 rings (SSSR count). The maximum absolute atomic E-state index is 13.7. The third-order valence-corrected chi connectivity index (χ3v) is 3.44. The minimum Gasteiger partial charge on any atom is -0.323 e. The molecule has 0 saturated heterocycles. The molecule has 0 bridgehead atoms. The number of carbonyl (C=O) groups is 1. The van der Waals surface area contributed by atoms with Crippen LogP contribution >= 0.6 is 15.9 Å². The predicted molar refractivity (Wildman–Crippen MR) is 81.0 cm³/mol. The Kier molecular flexibility index (Phi) is 4.54. The Balaban J connectivity index is 2.32. The van der Waals surface area contributed by atoms with E-state index in [4.69, 9.17) is 5.84 Å². The quantitative estimate of drug-likeness (QED) is 0.448. The number of nitrogen functional groups attached to an aromatic ring is 1. The van der Waals surface area contributed by atoms with Crippen molar-refractivity contribution in [2.24, 2.45) is 5.84 Å². The molecule has 1 amide bonds. The fourth-order valence-electron chi connectivity index (χ4n) is 1.78. The number of aryl methyl sites for hydroxylation is 1. The summed E-state index contributed by atoms with van der Waals surface area (Å²) in [4.78, 5) is 12.1. The summed E-state index contributed by atoms with van der Waals surface area (Å²) < 4.78 is 27.1. The van der Waals surface area contributed by atoms with Crippen molar-refractivity contribution in [3.8, 4) is 0 Å². The van der Waals surface area contributed by atoms with Crippen molar-refractivity contribution in [1.29, 1.82) is 0 Å². The van der Waals surface area contributed by atoms with E-state index in [1.54, 1.807) is 18.2 Å². The maximum atomic E-state index is 13.7. The van der Waals surface area contributed by atoms with Crippen molar-refractivity contribution in [1.82, 2.24) is 0 Å². The number of nitrogens with two attached hydrogens (primary N) is 1. The van der Waals surface area contributed by atoms with Crippen molar-refractivity contribution in [3.05, 3.63) is 57.6 Å². The van der Waals surface area contributed by atoms with E-state index in [2.05, 4.69) is 26.7 Å². The predicted octanol–water partition coefficient (Wildman–Crippen LogP) is 3.57. The number of benzene rings is 2. The van der Waals surface area contributed by atoms with Crippen LogP contribution in [0.2, 0.25) is 0 Å². The lowest BCUT2D eigenvalue weighted by Crippen LogP contribution is -2.18. The number of amides is 1. The normalized spacial score (nSPS) is 10.3. The number of hydrogen-bond acceptors (Lipinski definition) is 3. The Morgan fingerprint density at radius 2 is 1.86 bits per heavy atom. The number of hydrazine groups is 1. The van der Waals surface area contributed by atoms with Gasteiger partial charge < -0.3 is 10.7 Å².